The maximum absolute atomic E-state index is 15.5. The molecule has 0 saturated carbocycles. The summed E-state index contributed by atoms with van der Waals surface area (Å²) in [6.45, 7) is 33.1. The first-order chi connectivity index (χ1) is 44.9. The molecule has 2 aliphatic rings. The number of likely N-dealkylation sites (N-methyl/N-ethyl adjacent to an activating group) is 8. The van der Waals surface area contributed by atoms with Gasteiger partial charge in [-0.2, -0.15) is 11.8 Å². The van der Waals surface area contributed by atoms with Crippen molar-refractivity contribution in [2.75, 3.05) is 101 Å². The summed E-state index contributed by atoms with van der Waals surface area (Å²) in [4.78, 5) is 178. The van der Waals surface area contributed by atoms with Crippen molar-refractivity contribution in [2.45, 2.75) is 234 Å². The largest absolute Gasteiger partial charge is 0.390 e. The van der Waals surface area contributed by atoms with Crippen LogP contribution in [-0.2, 0) is 52.7 Å². The first-order valence-electron chi connectivity index (χ1n) is 35.0. The van der Waals surface area contributed by atoms with E-state index < -0.39 is 161 Å². The van der Waals surface area contributed by atoms with Gasteiger partial charge in [-0.15, -0.1) is 0 Å². The molecule has 0 aliphatic carbocycles. The molecule has 97 heavy (non-hydrogen) atoms. The normalized spacial score (nSPS) is 27.3. The molecule has 27 heteroatoms. The molecule has 6 N–H and O–H groups in total. The average Bonchev–Trinajstić information content (AvgIpc) is 0.808. The van der Waals surface area contributed by atoms with Crippen LogP contribution in [0.15, 0.2) is 12.2 Å². The lowest BCUT2D eigenvalue weighted by Crippen LogP contribution is -2.64. The summed E-state index contributed by atoms with van der Waals surface area (Å²) in [6.07, 6.45) is 2.38. The summed E-state index contributed by atoms with van der Waals surface area (Å²) in [5, 5.41) is 34.9. The Labute approximate surface area is 585 Å². The highest BCUT2D eigenvalue weighted by Gasteiger charge is 2.47. The van der Waals surface area contributed by atoms with Gasteiger partial charge in [0.25, 0.3) is 0 Å². The Hall–Kier alpha value is -5.90. The van der Waals surface area contributed by atoms with Crippen molar-refractivity contribution >= 4 is 76.7 Å². The molecule has 0 aromatic rings. The molecule has 0 unspecified atom stereocenters. The molecule has 2 aliphatic heterocycles. The first-order valence-corrected chi connectivity index (χ1v) is 36.1. The summed E-state index contributed by atoms with van der Waals surface area (Å²) in [5.41, 5.74) is -1.59. The quantitative estimate of drug-likeness (QED) is 0.0754. The number of rotatable bonds is 20. The number of nitrogens with one attached hydrogen (secondary N) is 4. The van der Waals surface area contributed by atoms with E-state index in [1.165, 1.54) is 113 Å². The number of carbonyl (C=O) groups is 11. The summed E-state index contributed by atoms with van der Waals surface area (Å²) in [6, 6.07) is -14.4. The molecule has 0 bridgehead atoms. The fraction of sp³-hybridized carbons (Fsp3) is 0.814. The Bertz CT molecular complexity index is 2670. The van der Waals surface area contributed by atoms with Gasteiger partial charge in [0.2, 0.25) is 65.0 Å². The van der Waals surface area contributed by atoms with Gasteiger partial charge in [0.1, 0.15) is 66.5 Å². The van der Waals surface area contributed by atoms with Gasteiger partial charge in [0.05, 0.1) is 11.7 Å². The Balaban J connectivity index is 3.12. The average molecular weight is 1390 g/mol. The van der Waals surface area contributed by atoms with Crippen LogP contribution in [0.25, 0.3) is 0 Å². The predicted octanol–water partition coefficient (Wildman–Crippen LogP) is 2.73. The zero-order valence-electron chi connectivity index (χ0n) is 63.6. The molecule has 13 atom stereocenters. The summed E-state index contributed by atoms with van der Waals surface area (Å²) in [7, 11) is 12.0. The lowest BCUT2D eigenvalue weighted by Gasteiger charge is -2.41. The van der Waals surface area contributed by atoms with Crippen molar-refractivity contribution in [2.24, 2.45) is 35.5 Å². The molecule has 0 aromatic carbocycles. The Morgan fingerprint density at radius 3 is 1.43 bits per heavy atom. The molecule has 0 radical (unpaired) electrons. The van der Waals surface area contributed by atoms with Crippen LogP contribution in [0.1, 0.15) is 156 Å². The second-order valence-corrected chi connectivity index (χ2v) is 31.1. The van der Waals surface area contributed by atoms with E-state index in [0.29, 0.717) is 12.3 Å². The summed E-state index contributed by atoms with van der Waals surface area (Å²) >= 11 is 1.42. The lowest BCUT2D eigenvalue weighted by molar-refractivity contribution is -0.157. The zero-order chi connectivity index (χ0) is 74.6. The number of carbonyl (C=O) groups excluding carboxylic acids is 11. The minimum Gasteiger partial charge on any atom is -0.390 e. The molecule has 2 heterocycles. The molecular weight excluding hydrogens is 1260 g/mol. The smallest absolute Gasteiger partial charge is 0.246 e. The highest BCUT2D eigenvalue weighted by molar-refractivity contribution is 7.99. The molecular formula is C70H127N13O13S. The number of aliphatic hydroxyl groups excluding tert-OH is 1. The molecule has 2 rings (SSSR count). The van der Waals surface area contributed by atoms with E-state index in [2.05, 4.69) is 38.1 Å². The topological polar surface area (TPSA) is 306 Å². The summed E-state index contributed by atoms with van der Waals surface area (Å²) in [5.74, 6) is -9.65. The van der Waals surface area contributed by atoms with Crippen LogP contribution in [0.3, 0.4) is 0 Å². The lowest BCUT2D eigenvalue weighted by atomic mass is 9.91. The fourth-order valence-corrected chi connectivity index (χ4v) is 13.6. The van der Waals surface area contributed by atoms with Gasteiger partial charge in [-0.05, 0) is 109 Å². The van der Waals surface area contributed by atoms with E-state index in [4.69, 9.17) is 0 Å². The molecule has 26 nitrogen and oxygen atoms in total. The number of thioether (sulfide) groups is 1. The molecule has 2 saturated heterocycles. The van der Waals surface area contributed by atoms with Gasteiger partial charge in [0.15, 0.2) is 0 Å². The van der Waals surface area contributed by atoms with Crippen molar-refractivity contribution < 1.29 is 63.0 Å². The van der Waals surface area contributed by atoms with Gasteiger partial charge in [-0.3, -0.25) is 57.6 Å². The van der Waals surface area contributed by atoms with Crippen LogP contribution in [-0.4, -0.2) is 298 Å². The second kappa shape index (κ2) is 39.8. The van der Waals surface area contributed by atoms with Gasteiger partial charge >= 0.3 is 0 Å². The van der Waals surface area contributed by atoms with Crippen molar-refractivity contribution in [3.8, 4) is 0 Å². The first kappa shape index (κ1) is 87.2. The van der Waals surface area contributed by atoms with Crippen LogP contribution >= 0.6 is 11.8 Å². The Morgan fingerprint density at radius 2 is 0.948 bits per heavy atom. The fourth-order valence-electron chi connectivity index (χ4n) is 12.4. The van der Waals surface area contributed by atoms with E-state index in [1.54, 1.807) is 54.5 Å². The van der Waals surface area contributed by atoms with Crippen molar-refractivity contribution in [3.05, 3.63) is 12.2 Å². The van der Waals surface area contributed by atoms with Gasteiger partial charge in [-0.25, -0.2) is 0 Å². The van der Waals surface area contributed by atoms with Crippen LogP contribution in [0, 0.1) is 35.5 Å². The molecule has 556 valence electrons. The van der Waals surface area contributed by atoms with E-state index in [1.807, 2.05) is 47.6 Å². The second-order valence-electron chi connectivity index (χ2n) is 29.9. The number of nitrogens with zero attached hydrogens (tertiary/aromatic N) is 9. The third-order valence-electron chi connectivity index (χ3n) is 18.8. The zero-order valence-corrected chi connectivity index (χ0v) is 64.4. The van der Waals surface area contributed by atoms with E-state index in [9.17, 15) is 29.4 Å². The van der Waals surface area contributed by atoms with Gasteiger partial charge < -0.3 is 70.7 Å². The minimum absolute atomic E-state index is 0.0241. The molecule has 11 amide bonds. The number of piperazine rings is 1. The van der Waals surface area contributed by atoms with Crippen molar-refractivity contribution in [3.63, 3.8) is 0 Å². The number of allylic oxidation sites excluding steroid dienone is 2. The van der Waals surface area contributed by atoms with E-state index >= 15 is 33.6 Å². The molecule has 0 spiro atoms. The van der Waals surface area contributed by atoms with E-state index in [-0.39, 0.29) is 62.0 Å². The van der Waals surface area contributed by atoms with Crippen molar-refractivity contribution in [1.82, 2.24) is 65.4 Å². The van der Waals surface area contributed by atoms with Crippen LogP contribution in [0.2, 0.25) is 0 Å². The van der Waals surface area contributed by atoms with Crippen molar-refractivity contribution in [1.29, 1.82) is 0 Å². The summed E-state index contributed by atoms with van der Waals surface area (Å²) < 4.78 is 0. The highest BCUT2D eigenvalue weighted by Crippen LogP contribution is 2.27. The predicted molar refractivity (Wildman–Crippen MR) is 380 cm³/mol. The minimum atomic E-state index is -1.66. The highest BCUT2D eigenvalue weighted by atomic mass is 32.2. The molecule has 2 fully saturated rings. The molecule has 0 aromatic heterocycles. The number of amides is 11. The number of aliphatic hydroxyl groups is 2. The van der Waals surface area contributed by atoms with Crippen LogP contribution < -0.4 is 21.3 Å². The number of hydrogen-bond acceptors (Lipinski definition) is 16. The Kier molecular flexibility index (Phi) is 35.8. The van der Waals surface area contributed by atoms with E-state index in [0.717, 1.165) is 36.0 Å². The van der Waals surface area contributed by atoms with Gasteiger partial charge in [-0.1, -0.05) is 95.2 Å². The maximum atomic E-state index is 15.5. The standard InChI is InChI=1S/C70H127N13O13S/c1-26-28-29-46(13)58(84)57-62(88)73-49(27-2)64(90)80(23)54(40-97-35-34-83-32-30-75(18)31-33-83)67(93)79(22)53(39-70(16,17)96)61(87)74-55(44(9)10)68(94)76(19)50(36-41(3)4)60(86)71-47(14)59(85)72-48(15)63(89)77(20)51(37-42(5)6)65(91)78(21)52(38-43(7)8)66(92)81(24)56(45(11)12)69(95)82(57)25/h26,28,41-58,84,96H,27,29-40H2,1-25H3,(H,71,86)(H,72,85)(H,73,88)(H,74,87)/b28-26+/t46-,47+,48-,49+,50+,51+,52+,53+,54-,55+,56+,57+,58-/m1/s1. The maximum Gasteiger partial charge on any atom is 0.246 e. The third-order valence-corrected chi connectivity index (χ3v) is 19.8. The SMILES string of the molecule is C/C=C/C[C@@H](C)[C@@H](O)[C@H]1C(=O)N[C@@H](CC)C(=O)N(C)[C@H](CSCCN2CCN(C)CC2)C(=O)N(C)[C@@H](CC(C)(C)O)C(=O)N[C@@H](C(C)C)C(=O)N(C)[C@@H](CC(C)C)C(=O)N[C@@H](C)C(=O)N[C@H](C)C(=O)N(C)[C@@H](CC(C)C)C(=O)N(C)[C@@H](CC(C)C)C(=O)N(C)[C@@H](C(C)C)C(=O)N1C. The Morgan fingerprint density at radius 1 is 0.505 bits per heavy atom. The third kappa shape index (κ3) is 25.3. The van der Waals surface area contributed by atoms with Gasteiger partial charge in [0, 0.05) is 100.0 Å². The monoisotopic (exact) mass is 1390 g/mol. The van der Waals surface area contributed by atoms with Crippen LogP contribution in [0.5, 0.6) is 0 Å². The van der Waals surface area contributed by atoms with Crippen LogP contribution in [0.4, 0.5) is 0 Å². The number of hydrogen-bond donors (Lipinski definition) is 6.